The van der Waals surface area contributed by atoms with E-state index in [4.69, 9.17) is 5.84 Å². The fourth-order valence-corrected chi connectivity index (χ4v) is 2.50. The summed E-state index contributed by atoms with van der Waals surface area (Å²) in [4.78, 5) is 0. The minimum absolute atomic E-state index is 0.407. The van der Waals surface area contributed by atoms with Crippen LogP contribution in [0.3, 0.4) is 0 Å². The van der Waals surface area contributed by atoms with Crippen LogP contribution in [-0.4, -0.2) is 0 Å². The van der Waals surface area contributed by atoms with Gasteiger partial charge in [0.25, 0.3) is 0 Å². The molecule has 0 bridgehead atoms. The number of hydrogen-bond donors (Lipinski definition) is 2. The van der Waals surface area contributed by atoms with E-state index in [2.05, 4.69) is 5.43 Å². The number of hydrazine groups is 1. The number of nitrogens with one attached hydrogen (secondary N) is 1. The summed E-state index contributed by atoms with van der Waals surface area (Å²) in [7, 11) is 0. The molecular weight excluding hydrogens is 258 g/mol. The Kier molecular flexibility index (Phi) is 4.16. The molecule has 0 spiro atoms. The highest BCUT2D eigenvalue weighted by atomic mass is 19.1. The minimum Gasteiger partial charge on any atom is -0.271 e. The van der Waals surface area contributed by atoms with Gasteiger partial charge in [0.15, 0.2) is 0 Å². The van der Waals surface area contributed by atoms with Crippen molar-refractivity contribution in [3.8, 4) is 0 Å². The third kappa shape index (κ3) is 2.86. The molecule has 2 aromatic carbocycles. The van der Waals surface area contributed by atoms with E-state index < -0.39 is 23.1 Å². The smallest absolute Gasteiger partial charge is 0.126 e. The van der Waals surface area contributed by atoms with Gasteiger partial charge in [0.2, 0.25) is 0 Å². The molecule has 0 aromatic heterocycles. The SMILES string of the molecule is CC(C)(c1ccccc1)C(NN)c1cc(F)cc(F)c1. The van der Waals surface area contributed by atoms with Gasteiger partial charge in [-0.15, -0.1) is 0 Å². The van der Waals surface area contributed by atoms with E-state index in [1.807, 2.05) is 44.2 Å². The second-order valence-electron chi connectivity index (χ2n) is 5.39. The maximum atomic E-state index is 13.4. The summed E-state index contributed by atoms with van der Waals surface area (Å²) in [6, 6.07) is 12.8. The van der Waals surface area contributed by atoms with Gasteiger partial charge < -0.3 is 0 Å². The second kappa shape index (κ2) is 5.69. The first-order chi connectivity index (χ1) is 9.45. The molecule has 0 radical (unpaired) electrons. The normalized spacial score (nSPS) is 13.2. The van der Waals surface area contributed by atoms with Crippen molar-refractivity contribution < 1.29 is 8.78 Å². The van der Waals surface area contributed by atoms with Gasteiger partial charge in [-0.05, 0) is 23.3 Å². The minimum atomic E-state index is -0.607. The van der Waals surface area contributed by atoms with Crippen molar-refractivity contribution in [3.63, 3.8) is 0 Å². The van der Waals surface area contributed by atoms with E-state index in [0.717, 1.165) is 11.6 Å². The largest absolute Gasteiger partial charge is 0.271 e. The summed E-state index contributed by atoms with van der Waals surface area (Å²) in [6.45, 7) is 3.96. The van der Waals surface area contributed by atoms with Crippen molar-refractivity contribution in [1.29, 1.82) is 0 Å². The third-order valence-corrected chi connectivity index (χ3v) is 3.62. The topological polar surface area (TPSA) is 38.0 Å². The van der Waals surface area contributed by atoms with Crippen LogP contribution < -0.4 is 11.3 Å². The second-order valence-corrected chi connectivity index (χ2v) is 5.39. The van der Waals surface area contributed by atoms with Gasteiger partial charge in [0.1, 0.15) is 11.6 Å². The zero-order valence-corrected chi connectivity index (χ0v) is 11.5. The third-order valence-electron chi connectivity index (χ3n) is 3.62. The van der Waals surface area contributed by atoms with E-state index in [-0.39, 0.29) is 0 Å². The molecule has 1 atom stereocenters. The van der Waals surface area contributed by atoms with Crippen molar-refractivity contribution in [2.45, 2.75) is 25.3 Å². The molecule has 2 rings (SSSR count). The molecule has 20 heavy (non-hydrogen) atoms. The summed E-state index contributed by atoms with van der Waals surface area (Å²) >= 11 is 0. The molecule has 0 saturated heterocycles. The Morgan fingerprint density at radius 2 is 1.55 bits per heavy atom. The van der Waals surface area contributed by atoms with Crippen molar-refractivity contribution in [2.75, 3.05) is 0 Å². The predicted octanol–water partition coefficient (Wildman–Crippen LogP) is 3.45. The Hall–Kier alpha value is -1.78. The molecule has 0 heterocycles. The molecule has 2 nitrogen and oxygen atoms in total. The van der Waals surface area contributed by atoms with Crippen LogP contribution in [-0.2, 0) is 5.41 Å². The Morgan fingerprint density at radius 1 is 1.00 bits per heavy atom. The lowest BCUT2D eigenvalue weighted by atomic mass is 9.75. The molecule has 0 aliphatic heterocycles. The number of hydrogen-bond acceptors (Lipinski definition) is 2. The Labute approximate surface area is 117 Å². The first-order valence-corrected chi connectivity index (χ1v) is 6.43. The summed E-state index contributed by atoms with van der Waals surface area (Å²) in [5, 5.41) is 0. The van der Waals surface area contributed by atoms with E-state index in [9.17, 15) is 8.78 Å². The Bertz CT molecular complexity index is 562. The number of benzene rings is 2. The highest BCUT2D eigenvalue weighted by molar-refractivity contribution is 5.32. The first-order valence-electron chi connectivity index (χ1n) is 6.43. The maximum Gasteiger partial charge on any atom is 0.126 e. The van der Waals surface area contributed by atoms with Gasteiger partial charge in [-0.2, -0.15) is 0 Å². The molecule has 4 heteroatoms. The van der Waals surface area contributed by atoms with Crippen molar-refractivity contribution in [2.24, 2.45) is 5.84 Å². The average molecular weight is 276 g/mol. The van der Waals surface area contributed by atoms with Gasteiger partial charge in [-0.25, -0.2) is 8.78 Å². The van der Waals surface area contributed by atoms with Crippen LogP contribution in [0.2, 0.25) is 0 Å². The summed E-state index contributed by atoms with van der Waals surface area (Å²) in [6.07, 6.45) is 0. The van der Waals surface area contributed by atoms with Crippen LogP contribution in [0.1, 0.15) is 31.0 Å². The monoisotopic (exact) mass is 276 g/mol. The predicted molar refractivity (Wildman–Crippen MR) is 75.9 cm³/mol. The molecule has 0 saturated carbocycles. The molecule has 0 aliphatic carbocycles. The lowest BCUT2D eigenvalue weighted by Crippen LogP contribution is -2.41. The van der Waals surface area contributed by atoms with Gasteiger partial charge in [-0.3, -0.25) is 11.3 Å². The number of nitrogens with two attached hydrogens (primary N) is 1. The highest BCUT2D eigenvalue weighted by Gasteiger charge is 2.32. The van der Waals surface area contributed by atoms with E-state index >= 15 is 0 Å². The van der Waals surface area contributed by atoms with Crippen LogP contribution in [0.5, 0.6) is 0 Å². The summed E-state index contributed by atoms with van der Waals surface area (Å²) in [5.74, 6) is 4.42. The van der Waals surface area contributed by atoms with Crippen molar-refractivity contribution >= 4 is 0 Å². The summed E-state index contributed by atoms with van der Waals surface area (Å²) in [5.41, 5.74) is 3.78. The molecule has 2 aromatic rings. The molecule has 0 fully saturated rings. The van der Waals surface area contributed by atoms with E-state index in [1.54, 1.807) is 0 Å². The Morgan fingerprint density at radius 3 is 2.05 bits per heavy atom. The Balaban J connectivity index is 2.46. The molecule has 1 unspecified atom stereocenters. The summed E-state index contributed by atoms with van der Waals surface area (Å²) < 4.78 is 26.8. The quantitative estimate of drug-likeness (QED) is 0.663. The van der Waals surface area contributed by atoms with Gasteiger partial charge in [-0.1, -0.05) is 44.2 Å². The molecule has 106 valence electrons. The first kappa shape index (κ1) is 14.6. The molecule has 0 amide bonds. The van der Waals surface area contributed by atoms with E-state index in [0.29, 0.717) is 5.56 Å². The van der Waals surface area contributed by atoms with Crippen LogP contribution in [0, 0.1) is 11.6 Å². The lowest BCUT2D eigenvalue weighted by Gasteiger charge is -2.35. The number of rotatable bonds is 4. The standard InChI is InChI=1S/C16H18F2N2/c1-16(2,12-6-4-3-5-7-12)15(20-19)11-8-13(17)10-14(18)9-11/h3-10,15,20H,19H2,1-2H3. The number of halogens is 2. The van der Waals surface area contributed by atoms with Crippen molar-refractivity contribution in [1.82, 2.24) is 5.43 Å². The van der Waals surface area contributed by atoms with Crippen LogP contribution in [0.4, 0.5) is 8.78 Å². The van der Waals surface area contributed by atoms with Gasteiger partial charge in [0.05, 0.1) is 6.04 Å². The lowest BCUT2D eigenvalue weighted by molar-refractivity contribution is 0.350. The maximum absolute atomic E-state index is 13.4. The molecule has 0 aliphatic rings. The van der Waals surface area contributed by atoms with Crippen LogP contribution in [0.15, 0.2) is 48.5 Å². The zero-order chi connectivity index (χ0) is 14.8. The van der Waals surface area contributed by atoms with Crippen LogP contribution in [0.25, 0.3) is 0 Å². The molecular formula is C16H18F2N2. The highest BCUT2D eigenvalue weighted by Crippen LogP contribution is 2.36. The zero-order valence-electron chi connectivity index (χ0n) is 11.5. The van der Waals surface area contributed by atoms with Gasteiger partial charge >= 0.3 is 0 Å². The van der Waals surface area contributed by atoms with Crippen LogP contribution >= 0.6 is 0 Å². The fourth-order valence-electron chi connectivity index (χ4n) is 2.50. The van der Waals surface area contributed by atoms with Gasteiger partial charge in [0, 0.05) is 11.5 Å². The fraction of sp³-hybridized carbons (Fsp3) is 0.250. The van der Waals surface area contributed by atoms with Crippen molar-refractivity contribution in [3.05, 3.63) is 71.3 Å². The molecule has 3 N–H and O–H groups in total. The van der Waals surface area contributed by atoms with E-state index in [1.165, 1.54) is 12.1 Å². The average Bonchev–Trinajstić information content (AvgIpc) is 2.39.